The van der Waals surface area contributed by atoms with Crippen LogP contribution in [0.3, 0.4) is 0 Å². The molecule has 11 heavy (non-hydrogen) atoms. The lowest BCUT2D eigenvalue weighted by Gasteiger charge is -2.01. The van der Waals surface area contributed by atoms with Gasteiger partial charge < -0.3 is 5.73 Å². The van der Waals surface area contributed by atoms with Crippen LogP contribution in [-0.4, -0.2) is 0 Å². The molecule has 2 N–H and O–H groups in total. The fraction of sp³-hybridized carbons (Fsp3) is 0.125. The van der Waals surface area contributed by atoms with Gasteiger partial charge in [0.1, 0.15) is 6.07 Å². The first-order chi connectivity index (χ1) is 5.29. The third-order valence-corrected chi connectivity index (χ3v) is 2.06. The number of anilines is 1. The molecular formula is C8H7BrN2. The zero-order chi connectivity index (χ0) is 8.27. The van der Waals surface area contributed by atoms with Gasteiger partial charge in [0.25, 0.3) is 0 Å². The predicted octanol–water partition coefficient (Wildman–Crippen LogP) is 2.04. The van der Waals surface area contributed by atoms with E-state index in [-0.39, 0.29) is 0 Å². The van der Waals surface area contributed by atoms with Crippen LogP contribution in [0.1, 0.15) is 11.1 Å². The number of nitriles is 1. The quantitative estimate of drug-likeness (QED) is 0.570. The molecule has 0 bridgehead atoms. The average molecular weight is 211 g/mol. The zero-order valence-electron chi connectivity index (χ0n) is 5.84. The van der Waals surface area contributed by atoms with Crippen molar-refractivity contribution in [2.45, 2.75) is 5.33 Å². The van der Waals surface area contributed by atoms with E-state index >= 15 is 0 Å². The number of halogens is 1. The van der Waals surface area contributed by atoms with Crippen LogP contribution < -0.4 is 5.73 Å². The molecule has 0 heterocycles. The smallest absolute Gasteiger partial charge is 0.101 e. The summed E-state index contributed by atoms with van der Waals surface area (Å²) >= 11 is 3.28. The van der Waals surface area contributed by atoms with E-state index in [1.807, 2.05) is 18.2 Å². The van der Waals surface area contributed by atoms with E-state index in [4.69, 9.17) is 11.0 Å². The summed E-state index contributed by atoms with van der Waals surface area (Å²) in [6.07, 6.45) is 0. The van der Waals surface area contributed by atoms with Crippen molar-refractivity contribution in [1.82, 2.24) is 0 Å². The predicted molar refractivity (Wildman–Crippen MR) is 48.2 cm³/mol. The molecule has 0 fully saturated rings. The molecule has 0 atom stereocenters. The maximum absolute atomic E-state index is 8.59. The number of nitrogen functional groups attached to an aromatic ring is 1. The second kappa shape index (κ2) is 3.40. The number of nitrogens with zero attached hydrogens (tertiary/aromatic N) is 1. The Bertz CT molecular complexity index is 301. The summed E-state index contributed by atoms with van der Waals surface area (Å²) in [5, 5.41) is 9.28. The fourth-order valence-electron chi connectivity index (χ4n) is 0.827. The molecule has 0 radical (unpaired) electrons. The average Bonchev–Trinajstić information content (AvgIpc) is 2.05. The van der Waals surface area contributed by atoms with Gasteiger partial charge in [0, 0.05) is 5.33 Å². The molecule has 0 aliphatic heterocycles. The summed E-state index contributed by atoms with van der Waals surface area (Å²) in [5.41, 5.74) is 7.73. The summed E-state index contributed by atoms with van der Waals surface area (Å²) in [6, 6.07) is 7.45. The Morgan fingerprint density at radius 3 is 2.82 bits per heavy atom. The van der Waals surface area contributed by atoms with Gasteiger partial charge in [0.2, 0.25) is 0 Å². The van der Waals surface area contributed by atoms with Crippen LogP contribution in [0, 0.1) is 11.3 Å². The van der Waals surface area contributed by atoms with Gasteiger partial charge in [-0.1, -0.05) is 28.1 Å². The SMILES string of the molecule is N#Cc1cccc(CBr)c1N. The molecule has 56 valence electrons. The lowest BCUT2D eigenvalue weighted by Crippen LogP contribution is -1.94. The van der Waals surface area contributed by atoms with Gasteiger partial charge in [-0.3, -0.25) is 0 Å². The van der Waals surface area contributed by atoms with Crippen molar-refractivity contribution >= 4 is 21.6 Å². The van der Waals surface area contributed by atoms with E-state index in [9.17, 15) is 0 Å². The molecule has 0 aromatic heterocycles. The van der Waals surface area contributed by atoms with Crippen molar-refractivity contribution in [3.05, 3.63) is 29.3 Å². The summed E-state index contributed by atoms with van der Waals surface area (Å²) in [7, 11) is 0. The van der Waals surface area contributed by atoms with Crippen LogP contribution in [0.4, 0.5) is 5.69 Å². The Labute approximate surface area is 73.8 Å². The molecular weight excluding hydrogens is 204 g/mol. The Hall–Kier alpha value is -1.01. The van der Waals surface area contributed by atoms with E-state index < -0.39 is 0 Å². The first kappa shape index (κ1) is 8.09. The molecule has 2 nitrogen and oxygen atoms in total. The van der Waals surface area contributed by atoms with E-state index in [0.717, 1.165) is 5.56 Å². The standard InChI is InChI=1S/C8H7BrN2/c9-4-6-2-1-3-7(5-10)8(6)11/h1-3H,4,11H2. The van der Waals surface area contributed by atoms with Crippen LogP contribution in [0.25, 0.3) is 0 Å². The number of para-hydroxylation sites is 1. The molecule has 0 amide bonds. The Morgan fingerprint density at radius 2 is 2.27 bits per heavy atom. The van der Waals surface area contributed by atoms with E-state index in [1.54, 1.807) is 6.07 Å². The van der Waals surface area contributed by atoms with Crippen molar-refractivity contribution < 1.29 is 0 Å². The Morgan fingerprint density at radius 1 is 1.55 bits per heavy atom. The largest absolute Gasteiger partial charge is 0.397 e. The fourth-order valence-corrected chi connectivity index (χ4v) is 1.32. The minimum atomic E-state index is 0.543. The Balaban J connectivity index is 3.23. The maximum Gasteiger partial charge on any atom is 0.101 e. The van der Waals surface area contributed by atoms with E-state index in [0.29, 0.717) is 16.6 Å². The van der Waals surface area contributed by atoms with Gasteiger partial charge in [-0.25, -0.2) is 0 Å². The van der Waals surface area contributed by atoms with Crippen LogP contribution in [-0.2, 0) is 5.33 Å². The van der Waals surface area contributed by atoms with Crippen LogP contribution >= 0.6 is 15.9 Å². The highest BCUT2D eigenvalue weighted by Crippen LogP contribution is 2.18. The van der Waals surface area contributed by atoms with Crippen molar-refractivity contribution in [1.29, 1.82) is 5.26 Å². The summed E-state index contributed by atoms with van der Waals surface area (Å²) in [5.74, 6) is 0. The summed E-state index contributed by atoms with van der Waals surface area (Å²) < 4.78 is 0. The third kappa shape index (κ3) is 1.52. The number of benzene rings is 1. The van der Waals surface area contributed by atoms with Gasteiger partial charge in [-0.2, -0.15) is 5.26 Å². The van der Waals surface area contributed by atoms with Gasteiger partial charge in [-0.05, 0) is 11.6 Å². The van der Waals surface area contributed by atoms with Gasteiger partial charge >= 0.3 is 0 Å². The molecule has 3 heteroatoms. The zero-order valence-corrected chi connectivity index (χ0v) is 7.43. The highest BCUT2D eigenvalue weighted by molar-refractivity contribution is 9.08. The second-order valence-corrected chi connectivity index (χ2v) is 2.68. The minimum Gasteiger partial charge on any atom is -0.397 e. The molecule has 0 saturated heterocycles. The van der Waals surface area contributed by atoms with Gasteiger partial charge in [-0.15, -0.1) is 0 Å². The van der Waals surface area contributed by atoms with Crippen LogP contribution in [0.15, 0.2) is 18.2 Å². The lowest BCUT2D eigenvalue weighted by atomic mass is 10.1. The second-order valence-electron chi connectivity index (χ2n) is 2.12. The van der Waals surface area contributed by atoms with E-state index in [1.165, 1.54) is 0 Å². The van der Waals surface area contributed by atoms with Crippen molar-refractivity contribution in [2.24, 2.45) is 0 Å². The molecule has 1 rings (SSSR count). The van der Waals surface area contributed by atoms with E-state index in [2.05, 4.69) is 15.9 Å². The highest BCUT2D eigenvalue weighted by Gasteiger charge is 2.01. The maximum atomic E-state index is 8.59. The topological polar surface area (TPSA) is 49.8 Å². The van der Waals surface area contributed by atoms with Crippen LogP contribution in [0.5, 0.6) is 0 Å². The molecule has 0 saturated carbocycles. The monoisotopic (exact) mass is 210 g/mol. The number of hydrogen-bond donors (Lipinski definition) is 1. The van der Waals surface area contributed by atoms with Gasteiger partial charge in [0.05, 0.1) is 11.3 Å². The molecule has 0 unspecified atom stereocenters. The molecule has 1 aromatic rings. The third-order valence-electron chi connectivity index (χ3n) is 1.46. The highest BCUT2D eigenvalue weighted by atomic mass is 79.9. The number of hydrogen-bond acceptors (Lipinski definition) is 2. The molecule has 0 spiro atoms. The summed E-state index contributed by atoms with van der Waals surface area (Å²) in [6.45, 7) is 0. The number of nitrogens with two attached hydrogens (primary N) is 1. The van der Waals surface area contributed by atoms with Crippen LogP contribution in [0.2, 0.25) is 0 Å². The van der Waals surface area contributed by atoms with Crippen molar-refractivity contribution in [3.8, 4) is 6.07 Å². The van der Waals surface area contributed by atoms with Gasteiger partial charge in [0.15, 0.2) is 0 Å². The number of alkyl halides is 1. The minimum absolute atomic E-state index is 0.543. The number of rotatable bonds is 1. The molecule has 1 aromatic carbocycles. The lowest BCUT2D eigenvalue weighted by molar-refractivity contribution is 1.40. The normalized spacial score (nSPS) is 9.09. The Kier molecular flexibility index (Phi) is 2.50. The van der Waals surface area contributed by atoms with Crippen molar-refractivity contribution in [2.75, 3.05) is 5.73 Å². The van der Waals surface area contributed by atoms with Crippen molar-refractivity contribution in [3.63, 3.8) is 0 Å². The first-order valence-corrected chi connectivity index (χ1v) is 4.25. The molecule has 0 aliphatic carbocycles. The first-order valence-electron chi connectivity index (χ1n) is 3.13. The summed E-state index contributed by atoms with van der Waals surface area (Å²) in [4.78, 5) is 0. The molecule has 0 aliphatic rings.